The normalized spacial score (nSPS) is 17.7. The molecule has 0 aromatic carbocycles. The van der Waals surface area contributed by atoms with Gasteiger partial charge in [-0.3, -0.25) is 0 Å². The van der Waals surface area contributed by atoms with E-state index in [0.717, 1.165) is 37.6 Å². The molecule has 0 bridgehead atoms. The van der Waals surface area contributed by atoms with Crippen LogP contribution in [0, 0.1) is 0 Å². The summed E-state index contributed by atoms with van der Waals surface area (Å²) in [4.78, 5) is 0. The van der Waals surface area contributed by atoms with Gasteiger partial charge in [-0.25, -0.2) is 0 Å². The minimum Gasteiger partial charge on any atom is -0.381 e. The summed E-state index contributed by atoms with van der Waals surface area (Å²) in [6.45, 7) is 2.09. The topological polar surface area (TPSA) is 73.1 Å². The lowest BCUT2D eigenvalue weighted by molar-refractivity contribution is 0.0903. The van der Waals surface area contributed by atoms with Crippen LogP contribution in [0.3, 0.4) is 0 Å². The number of nitrogens with one attached hydrogen (secondary N) is 1. The van der Waals surface area contributed by atoms with Gasteiger partial charge in [-0.2, -0.15) is 5.10 Å². The standard InChI is InChI=1S/C10H16N4O/c11-7-9-1-2-10(14-13-9)12-8-3-5-15-6-4-8/h1-2,8H,3-7,11H2,(H,12,14). The molecule has 3 N–H and O–H groups in total. The number of anilines is 1. The lowest BCUT2D eigenvalue weighted by atomic mass is 10.1. The van der Waals surface area contributed by atoms with Gasteiger partial charge < -0.3 is 15.8 Å². The van der Waals surface area contributed by atoms with Crippen LogP contribution in [0.25, 0.3) is 0 Å². The van der Waals surface area contributed by atoms with Crippen LogP contribution in [0.2, 0.25) is 0 Å². The Kier molecular flexibility index (Phi) is 3.47. The van der Waals surface area contributed by atoms with E-state index in [0.29, 0.717) is 12.6 Å². The smallest absolute Gasteiger partial charge is 0.148 e. The molecule has 0 amide bonds. The van der Waals surface area contributed by atoms with E-state index in [1.807, 2.05) is 12.1 Å². The number of aromatic nitrogens is 2. The van der Waals surface area contributed by atoms with Crippen molar-refractivity contribution in [2.45, 2.75) is 25.4 Å². The predicted octanol–water partition coefficient (Wildman–Crippen LogP) is 0.526. The molecule has 1 aliphatic heterocycles. The zero-order valence-corrected chi connectivity index (χ0v) is 8.65. The Morgan fingerprint density at radius 2 is 2.13 bits per heavy atom. The molecule has 0 aliphatic carbocycles. The number of hydrogen-bond acceptors (Lipinski definition) is 5. The first-order valence-corrected chi connectivity index (χ1v) is 5.25. The molecule has 1 saturated heterocycles. The Balaban J connectivity index is 1.91. The number of nitrogens with zero attached hydrogens (tertiary/aromatic N) is 2. The van der Waals surface area contributed by atoms with Crippen molar-refractivity contribution in [1.82, 2.24) is 10.2 Å². The molecule has 5 nitrogen and oxygen atoms in total. The molecule has 0 spiro atoms. The van der Waals surface area contributed by atoms with Gasteiger partial charge in [0.15, 0.2) is 0 Å². The van der Waals surface area contributed by atoms with Crippen molar-refractivity contribution in [2.75, 3.05) is 18.5 Å². The second kappa shape index (κ2) is 5.04. The van der Waals surface area contributed by atoms with Crippen molar-refractivity contribution >= 4 is 5.82 Å². The molecule has 0 unspecified atom stereocenters. The van der Waals surface area contributed by atoms with E-state index in [9.17, 15) is 0 Å². The Morgan fingerprint density at radius 3 is 2.73 bits per heavy atom. The van der Waals surface area contributed by atoms with Gasteiger partial charge >= 0.3 is 0 Å². The van der Waals surface area contributed by atoms with Crippen LogP contribution in [0.1, 0.15) is 18.5 Å². The fourth-order valence-corrected chi connectivity index (χ4v) is 1.60. The monoisotopic (exact) mass is 208 g/mol. The fraction of sp³-hybridized carbons (Fsp3) is 0.600. The Morgan fingerprint density at radius 1 is 1.33 bits per heavy atom. The molecular weight excluding hydrogens is 192 g/mol. The largest absolute Gasteiger partial charge is 0.381 e. The van der Waals surface area contributed by atoms with Gasteiger partial charge in [-0.15, -0.1) is 5.10 Å². The molecule has 1 aromatic heterocycles. The third-order valence-electron chi connectivity index (χ3n) is 2.50. The maximum Gasteiger partial charge on any atom is 0.148 e. The summed E-state index contributed by atoms with van der Waals surface area (Å²) in [5.41, 5.74) is 6.26. The highest BCUT2D eigenvalue weighted by molar-refractivity contribution is 5.34. The molecule has 1 fully saturated rings. The average molecular weight is 208 g/mol. The lowest BCUT2D eigenvalue weighted by Gasteiger charge is -2.23. The summed E-state index contributed by atoms with van der Waals surface area (Å²) in [7, 11) is 0. The summed E-state index contributed by atoms with van der Waals surface area (Å²) in [5.74, 6) is 0.819. The van der Waals surface area contributed by atoms with Crippen LogP contribution in [-0.2, 0) is 11.3 Å². The Labute approximate surface area is 89.0 Å². The summed E-state index contributed by atoms with van der Waals surface area (Å²) >= 11 is 0. The quantitative estimate of drug-likeness (QED) is 0.758. The second-order valence-electron chi connectivity index (χ2n) is 3.65. The van der Waals surface area contributed by atoms with Gasteiger partial charge in [-0.05, 0) is 25.0 Å². The third-order valence-corrected chi connectivity index (χ3v) is 2.50. The second-order valence-corrected chi connectivity index (χ2v) is 3.65. The zero-order chi connectivity index (χ0) is 10.5. The van der Waals surface area contributed by atoms with E-state index in [-0.39, 0.29) is 0 Å². The summed E-state index contributed by atoms with van der Waals surface area (Å²) < 4.78 is 5.28. The lowest BCUT2D eigenvalue weighted by Crippen LogP contribution is -2.28. The van der Waals surface area contributed by atoms with Gasteiger partial charge in [0.05, 0.1) is 5.69 Å². The molecule has 1 aliphatic rings. The molecule has 0 saturated carbocycles. The molecule has 0 radical (unpaired) electrons. The van der Waals surface area contributed by atoms with E-state index >= 15 is 0 Å². The average Bonchev–Trinajstić information content (AvgIpc) is 2.31. The zero-order valence-electron chi connectivity index (χ0n) is 8.65. The van der Waals surface area contributed by atoms with E-state index in [1.54, 1.807) is 0 Å². The molecule has 1 aromatic rings. The van der Waals surface area contributed by atoms with Gasteiger partial charge in [0.2, 0.25) is 0 Å². The van der Waals surface area contributed by atoms with Crippen LogP contribution in [0.15, 0.2) is 12.1 Å². The SMILES string of the molecule is NCc1ccc(NC2CCOCC2)nn1. The van der Waals surface area contributed by atoms with Crippen molar-refractivity contribution in [3.63, 3.8) is 0 Å². The van der Waals surface area contributed by atoms with Gasteiger partial charge in [0.1, 0.15) is 5.82 Å². The van der Waals surface area contributed by atoms with Crippen molar-refractivity contribution in [3.05, 3.63) is 17.8 Å². The van der Waals surface area contributed by atoms with E-state index in [1.165, 1.54) is 0 Å². The fourth-order valence-electron chi connectivity index (χ4n) is 1.60. The maximum atomic E-state index is 5.44. The summed E-state index contributed by atoms with van der Waals surface area (Å²) in [6, 6.07) is 4.27. The van der Waals surface area contributed by atoms with Crippen LogP contribution < -0.4 is 11.1 Å². The van der Waals surface area contributed by atoms with Gasteiger partial charge in [-0.1, -0.05) is 0 Å². The number of rotatable bonds is 3. The summed E-state index contributed by atoms with van der Waals surface area (Å²) in [5, 5.41) is 11.4. The first-order chi connectivity index (χ1) is 7.38. The highest BCUT2D eigenvalue weighted by Crippen LogP contribution is 2.12. The van der Waals surface area contributed by atoms with Crippen LogP contribution >= 0.6 is 0 Å². The molecule has 82 valence electrons. The minimum absolute atomic E-state index is 0.435. The van der Waals surface area contributed by atoms with Crippen LogP contribution in [0.4, 0.5) is 5.82 Å². The molecule has 15 heavy (non-hydrogen) atoms. The highest BCUT2D eigenvalue weighted by Gasteiger charge is 2.13. The number of nitrogens with two attached hydrogens (primary N) is 1. The van der Waals surface area contributed by atoms with E-state index < -0.39 is 0 Å². The maximum absolute atomic E-state index is 5.44. The molecule has 2 rings (SSSR count). The van der Waals surface area contributed by atoms with Gasteiger partial charge in [0.25, 0.3) is 0 Å². The van der Waals surface area contributed by atoms with Crippen molar-refractivity contribution in [3.8, 4) is 0 Å². The molecular formula is C10H16N4O. The summed E-state index contributed by atoms with van der Waals surface area (Å²) in [6.07, 6.45) is 2.06. The van der Waals surface area contributed by atoms with Gasteiger partial charge in [0, 0.05) is 25.8 Å². The number of hydrogen-bond donors (Lipinski definition) is 2. The van der Waals surface area contributed by atoms with Crippen LogP contribution in [0.5, 0.6) is 0 Å². The first kappa shape index (κ1) is 10.3. The van der Waals surface area contributed by atoms with E-state index in [4.69, 9.17) is 10.5 Å². The van der Waals surface area contributed by atoms with Crippen molar-refractivity contribution in [1.29, 1.82) is 0 Å². The molecule has 2 heterocycles. The molecule has 0 atom stereocenters. The number of ether oxygens (including phenoxy) is 1. The third kappa shape index (κ3) is 2.87. The molecule has 5 heteroatoms. The van der Waals surface area contributed by atoms with Crippen molar-refractivity contribution in [2.24, 2.45) is 5.73 Å². The first-order valence-electron chi connectivity index (χ1n) is 5.25. The minimum atomic E-state index is 0.435. The van der Waals surface area contributed by atoms with Crippen molar-refractivity contribution < 1.29 is 4.74 Å². The Bertz CT molecular complexity index is 295. The predicted molar refractivity (Wildman–Crippen MR) is 57.4 cm³/mol. The van der Waals surface area contributed by atoms with E-state index in [2.05, 4.69) is 15.5 Å². The highest BCUT2D eigenvalue weighted by atomic mass is 16.5. The van der Waals surface area contributed by atoms with Crippen LogP contribution in [-0.4, -0.2) is 29.5 Å². The Hall–Kier alpha value is -1.20.